The third-order valence-corrected chi connectivity index (χ3v) is 8.44. The van der Waals surface area contributed by atoms with Gasteiger partial charge >= 0.3 is 11.9 Å². The van der Waals surface area contributed by atoms with Gasteiger partial charge in [0.2, 0.25) is 21.0 Å². The Morgan fingerprint density at radius 1 is 0.462 bits per heavy atom. The number of halogens is 4. The lowest BCUT2D eigenvalue weighted by Crippen LogP contribution is -2.13. The first kappa shape index (κ1) is 61.7. The average Bonchev–Trinajstić information content (AvgIpc) is 3.20. The maximum Gasteiger partial charge on any atom is 0.335 e. The molecule has 2 amide bonds. The molecule has 12 nitrogen and oxygen atoms in total. The van der Waals surface area contributed by atoms with E-state index < -0.39 is 43.5 Å². The van der Waals surface area contributed by atoms with Crippen molar-refractivity contribution in [1.82, 2.24) is 6.15 Å². The van der Waals surface area contributed by atoms with E-state index in [-0.39, 0.29) is 17.3 Å². The molecule has 17 heteroatoms. The van der Waals surface area contributed by atoms with Crippen LogP contribution in [0.25, 0.3) is 32.3 Å². The Morgan fingerprint density at radius 3 is 1.11 bits per heavy atom. The summed E-state index contributed by atoms with van der Waals surface area (Å²) in [5.74, 6) is -3.00. The lowest BCUT2D eigenvalue weighted by atomic mass is 9.99. The van der Waals surface area contributed by atoms with Gasteiger partial charge in [0, 0.05) is 43.6 Å². The monoisotopic (exact) mass is 991 g/mol. The van der Waals surface area contributed by atoms with Crippen molar-refractivity contribution in [2.24, 2.45) is 11.5 Å². The molecule has 0 aliphatic rings. The van der Waals surface area contributed by atoms with E-state index in [0.29, 0.717) is 33.2 Å². The van der Waals surface area contributed by atoms with Crippen LogP contribution in [0.4, 0.5) is 0 Å². The second-order valence-electron chi connectivity index (χ2n) is 13.9. The molecule has 65 heavy (non-hydrogen) atoms. The molecule has 0 saturated heterocycles. The third-order valence-electron chi connectivity index (χ3n) is 8.02. The van der Waals surface area contributed by atoms with Gasteiger partial charge in [0.1, 0.15) is 0 Å². The molecule has 0 aromatic heterocycles. The third kappa shape index (κ3) is 21.4. The van der Waals surface area contributed by atoms with Gasteiger partial charge in [-0.3, -0.25) is 19.2 Å². The topological polar surface area (TPSA) is 247 Å². The number of carbonyl (C=O) groups is 6. The van der Waals surface area contributed by atoms with E-state index >= 15 is 0 Å². The zero-order valence-electron chi connectivity index (χ0n) is 37.8. The van der Waals surface area contributed by atoms with Gasteiger partial charge in [0.25, 0.3) is 10.5 Å². The van der Waals surface area contributed by atoms with Gasteiger partial charge in [0.05, 0.1) is 11.1 Å². The quantitative estimate of drug-likeness (QED) is 0.0987. The van der Waals surface area contributed by atoms with Crippen LogP contribution in [-0.4, -0.2) is 48.7 Å². The van der Waals surface area contributed by atoms with Crippen LogP contribution in [0.1, 0.15) is 140 Å². The summed E-state index contributed by atoms with van der Waals surface area (Å²) in [7, 11) is 7.36. The van der Waals surface area contributed by atoms with Crippen molar-refractivity contribution in [3.05, 3.63) is 141 Å². The molecule has 6 aromatic rings. The highest BCUT2D eigenvalue weighted by molar-refractivity contribution is 8.26. The fraction of sp³-hybridized carbons (Fsp3) is 0.250. The number of fused-ring (bicyclic) bond motifs is 3. The Kier molecular flexibility index (Phi) is 29.9. The van der Waals surface area contributed by atoms with E-state index in [2.05, 4.69) is 62.9 Å². The number of carboxylic acids is 2. The van der Waals surface area contributed by atoms with Gasteiger partial charge in [-0.05, 0) is 148 Å². The molecule has 9 N–H and O–H groups in total. The van der Waals surface area contributed by atoms with E-state index in [9.17, 15) is 28.8 Å². The average molecular weight is 994 g/mol. The zero-order valence-corrected chi connectivity index (χ0v) is 41.7. The Balaban J connectivity index is 0. The number of aryl methyl sites for hydroxylation is 3. The number of primary amides is 2. The molecule has 352 valence electrons. The van der Waals surface area contributed by atoms with Crippen molar-refractivity contribution in [3.63, 3.8) is 0 Å². The summed E-state index contributed by atoms with van der Waals surface area (Å²) in [6.45, 7) is 18.1. The molecule has 6 rings (SSSR count). The van der Waals surface area contributed by atoms with E-state index in [1.165, 1.54) is 37.5 Å². The van der Waals surface area contributed by atoms with Gasteiger partial charge < -0.3 is 27.8 Å². The smallest absolute Gasteiger partial charge is 0.335 e. The summed E-state index contributed by atoms with van der Waals surface area (Å²) in [5, 5.41) is 21.7. The van der Waals surface area contributed by atoms with Crippen LogP contribution in [0.2, 0.25) is 0 Å². The molecular formula is C48H57Cl4N3O9S. The SMILES string of the molecule is CCC.CCC.CCC.Cc1cc2ccc(C(=O)Cl)cc2cc1C(=O)Cl.Cc1cc2ccc(C(=O)O)cc2cc1C(=O)O.Cc1cc2ccc(C(N)=O)cc2cc1C(N)=O.N.O=S(Cl)Cl. The Hall–Kier alpha value is -5.41. The number of benzene rings is 6. The standard InChI is InChI=1S/C13H8Cl2O2.C13H12N2O2.C13H10O4.3C3H8.Cl2OS.H3N/c2*1-7-4-8-2-3-9(12(14)16)5-10(8)6-11(7)13(15)17;1-7-4-8-2-3-9(12(14)15)5-10(8)6-11(7)13(16)17;3*1-3-2;1-4(2)3;/h2-6H,1H3;2-6H,1H3,(H2,14,16)(H2,15,17);2-6H,1H3,(H,14,15)(H,16,17);3*3H2,1-2H3;;1H3. The minimum atomic E-state index is -1.67. The van der Waals surface area contributed by atoms with Crippen molar-refractivity contribution >= 4 is 120 Å². The molecule has 6 aromatic carbocycles. The van der Waals surface area contributed by atoms with Crippen LogP contribution in [0.5, 0.6) is 0 Å². The number of hydrogen-bond donors (Lipinski definition) is 5. The highest BCUT2D eigenvalue weighted by Gasteiger charge is 2.12. The summed E-state index contributed by atoms with van der Waals surface area (Å²) in [6, 6.07) is 25.2. The predicted octanol–water partition coefficient (Wildman–Crippen LogP) is 13.3. The van der Waals surface area contributed by atoms with Crippen molar-refractivity contribution < 1.29 is 43.2 Å². The van der Waals surface area contributed by atoms with Crippen LogP contribution in [0, 0.1) is 20.8 Å². The zero-order chi connectivity index (χ0) is 49.4. The molecule has 0 saturated carbocycles. The fourth-order valence-corrected chi connectivity index (χ4v) is 5.67. The van der Waals surface area contributed by atoms with Crippen molar-refractivity contribution in [1.29, 1.82) is 0 Å². The minimum absolute atomic E-state index is 0. The first-order valence-corrected chi connectivity index (χ1v) is 23.3. The van der Waals surface area contributed by atoms with Crippen LogP contribution >= 0.6 is 44.6 Å². The van der Waals surface area contributed by atoms with Crippen molar-refractivity contribution in [3.8, 4) is 0 Å². The highest BCUT2D eigenvalue weighted by Crippen LogP contribution is 2.24. The lowest BCUT2D eigenvalue weighted by molar-refractivity contribution is 0.0686. The summed E-state index contributed by atoms with van der Waals surface area (Å²) >= 11 is 10.9. The Labute approximate surface area is 401 Å². The van der Waals surface area contributed by atoms with Gasteiger partial charge in [-0.25, -0.2) is 13.8 Å². The number of rotatable bonds is 6. The molecule has 0 atom stereocenters. The van der Waals surface area contributed by atoms with Crippen LogP contribution in [-0.2, 0) is 9.23 Å². The molecule has 0 unspecified atom stereocenters. The number of hydrogen-bond acceptors (Lipinski definition) is 8. The maximum atomic E-state index is 11.2. The number of nitrogens with two attached hydrogens (primary N) is 2. The van der Waals surface area contributed by atoms with Gasteiger partial charge in [-0.2, -0.15) is 0 Å². The summed E-state index contributed by atoms with van der Waals surface area (Å²) in [6.07, 6.45) is 3.75. The molecule has 0 aliphatic heterocycles. The summed E-state index contributed by atoms with van der Waals surface area (Å²) < 4.78 is 9.09. The van der Waals surface area contributed by atoms with E-state index in [4.69, 9.17) is 49.1 Å². The molecule has 0 bridgehead atoms. The molecule has 0 heterocycles. The largest absolute Gasteiger partial charge is 0.478 e. The number of carbonyl (C=O) groups excluding carboxylic acids is 4. The molecule has 0 radical (unpaired) electrons. The van der Waals surface area contributed by atoms with E-state index in [1.807, 2.05) is 26.0 Å². The summed E-state index contributed by atoms with van der Waals surface area (Å²) in [5.41, 5.74) is 14.8. The second-order valence-corrected chi connectivity index (χ2v) is 17.1. The molecule has 0 aliphatic carbocycles. The van der Waals surface area contributed by atoms with Gasteiger partial charge in [-0.1, -0.05) is 97.2 Å². The Bertz CT molecular complexity index is 2340. The van der Waals surface area contributed by atoms with E-state index in [1.54, 1.807) is 67.6 Å². The predicted molar refractivity (Wildman–Crippen MR) is 270 cm³/mol. The first-order chi connectivity index (χ1) is 29.9. The maximum absolute atomic E-state index is 11.2. The number of aromatic carboxylic acids is 2. The normalized spacial score (nSPS) is 9.57. The second kappa shape index (κ2) is 31.5. The van der Waals surface area contributed by atoms with E-state index in [0.717, 1.165) is 38.1 Å². The first-order valence-electron chi connectivity index (χ1n) is 19.8. The lowest BCUT2D eigenvalue weighted by Gasteiger charge is -2.06. The van der Waals surface area contributed by atoms with Gasteiger partial charge in [0.15, 0.2) is 0 Å². The highest BCUT2D eigenvalue weighted by atomic mass is 36.0. The Morgan fingerprint density at radius 2 is 0.769 bits per heavy atom. The molecular weight excluding hydrogens is 936 g/mol. The van der Waals surface area contributed by atoms with Crippen LogP contribution in [0.3, 0.4) is 0 Å². The summed E-state index contributed by atoms with van der Waals surface area (Å²) in [4.78, 5) is 66.3. The van der Waals surface area contributed by atoms with Crippen LogP contribution in [0.15, 0.2) is 91.0 Å². The minimum Gasteiger partial charge on any atom is -0.478 e. The van der Waals surface area contributed by atoms with Crippen LogP contribution < -0.4 is 17.6 Å². The fourth-order valence-electron chi connectivity index (χ4n) is 5.35. The van der Waals surface area contributed by atoms with Crippen molar-refractivity contribution in [2.75, 3.05) is 0 Å². The molecule has 0 fully saturated rings. The number of amides is 2. The van der Waals surface area contributed by atoms with Crippen molar-refractivity contribution in [2.45, 2.75) is 81.6 Å². The molecule has 0 spiro atoms. The number of carboxylic acid groups (broad SMARTS) is 2. The van der Waals surface area contributed by atoms with Gasteiger partial charge in [-0.15, -0.1) is 0 Å².